The molecule has 0 radical (unpaired) electrons. The van der Waals surface area contributed by atoms with E-state index >= 15 is 0 Å². The average Bonchev–Trinajstić information content (AvgIpc) is 3.23. The fraction of sp³-hybridized carbons (Fsp3) is 0.389. The van der Waals surface area contributed by atoms with Crippen LogP contribution in [-0.2, 0) is 6.42 Å². The van der Waals surface area contributed by atoms with Crippen LogP contribution >= 0.6 is 0 Å². The van der Waals surface area contributed by atoms with Gasteiger partial charge in [0.1, 0.15) is 0 Å². The normalized spacial score (nSPS) is 24.7. The van der Waals surface area contributed by atoms with Gasteiger partial charge in [-0.3, -0.25) is 9.69 Å². The molecule has 1 fully saturated rings. The monoisotopic (exact) mass is 312 g/mol. The van der Waals surface area contributed by atoms with Gasteiger partial charge in [-0.25, -0.2) is 0 Å². The summed E-state index contributed by atoms with van der Waals surface area (Å²) < 4.78 is 5.19. The van der Waals surface area contributed by atoms with Crippen LogP contribution < -0.4 is 0 Å². The van der Waals surface area contributed by atoms with E-state index in [1.54, 1.807) is 12.1 Å². The molecule has 0 saturated carbocycles. The minimum atomic E-state index is -0.432. The second kappa shape index (κ2) is 5.83. The van der Waals surface area contributed by atoms with Gasteiger partial charge in [-0.05, 0) is 29.7 Å². The summed E-state index contributed by atoms with van der Waals surface area (Å²) >= 11 is 0. The Kier molecular flexibility index (Phi) is 3.67. The third-order valence-corrected chi connectivity index (χ3v) is 4.97. The molecule has 23 heavy (non-hydrogen) atoms. The third-order valence-electron chi connectivity index (χ3n) is 4.97. The van der Waals surface area contributed by atoms with Crippen molar-refractivity contribution in [3.8, 4) is 0 Å². The second-order valence-corrected chi connectivity index (χ2v) is 6.22. The quantitative estimate of drug-likeness (QED) is 0.917. The Morgan fingerprint density at radius 1 is 1.09 bits per heavy atom. The topological polar surface area (TPSA) is 56.9 Å². The zero-order valence-corrected chi connectivity index (χ0v) is 12.9. The number of nitrogens with zero attached hydrogens (tertiary/aromatic N) is 2. The minimum absolute atomic E-state index is 0.0510. The van der Waals surface area contributed by atoms with Gasteiger partial charge in [-0.1, -0.05) is 24.3 Å². The smallest absolute Gasteiger partial charge is 0.289 e. The van der Waals surface area contributed by atoms with Gasteiger partial charge in [0.25, 0.3) is 5.91 Å². The number of aliphatic hydroxyl groups excluding tert-OH is 1. The highest BCUT2D eigenvalue weighted by Crippen LogP contribution is 2.34. The molecule has 2 aromatic rings. The van der Waals surface area contributed by atoms with E-state index in [4.69, 9.17) is 4.42 Å². The van der Waals surface area contributed by atoms with Gasteiger partial charge >= 0.3 is 0 Å². The predicted molar refractivity (Wildman–Crippen MR) is 85.1 cm³/mol. The van der Waals surface area contributed by atoms with Crippen LogP contribution in [0.2, 0.25) is 0 Å². The predicted octanol–water partition coefficient (Wildman–Crippen LogP) is 1.70. The van der Waals surface area contributed by atoms with Gasteiger partial charge in [0, 0.05) is 32.2 Å². The molecule has 2 unspecified atom stereocenters. The largest absolute Gasteiger partial charge is 0.459 e. The van der Waals surface area contributed by atoms with E-state index < -0.39 is 6.10 Å². The van der Waals surface area contributed by atoms with Crippen molar-refractivity contribution in [1.29, 1.82) is 0 Å². The van der Waals surface area contributed by atoms with E-state index in [9.17, 15) is 9.90 Å². The van der Waals surface area contributed by atoms with Gasteiger partial charge in [0.15, 0.2) is 5.76 Å². The molecule has 2 aliphatic rings. The molecule has 5 nitrogen and oxygen atoms in total. The lowest BCUT2D eigenvalue weighted by Gasteiger charge is -2.38. The van der Waals surface area contributed by atoms with Crippen LogP contribution in [0.4, 0.5) is 0 Å². The molecule has 2 atom stereocenters. The minimum Gasteiger partial charge on any atom is -0.459 e. The molecule has 1 aliphatic heterocycles. The summed E-state index contributed by atoms with van der Waals surface area (Å²) in [5, 5.41) is 10.6. The Labute approximate surface area is 135 Å². The average molecular weight is 312 g/mol. The van der Waals surface area contributed by atoms with Crippen molar-refractivity contribution in [2.45, 2.75) is 18.6 Å². The zero-order chi connectivity index (χ0) is 15.8. The van der Waals surface area contributed by atoms with Crippen LogP contribution in [0.5, 0.6) is 0 Å². The number of furan rings is 1. The first-order valence-electron chi connectivity index (χ1n) is 8.07. The molecule has 2 heterocycles. The van der Waals surface area contributed by atoms with Gasteiger partial charge in [0.2, 0.25) is 0 Å². The summed E-state index contributed by atoms with van der Waals surface area (Å²) in [4.78, 5) is 16.4. The Bertz CT molecular complexity index is 690. The highest BCUT2D eigenvalue weighted by molar-refractivity contribution is 5.91. The molecular weight excluding hydrogens is 292 g/mol. The number of hydrogen-bond donors (Lipinski definition) is 1. The molecule has 1 saturated heterocycles. The number of benzene rings is 1. The molecule has 0 spiro atoms. The number of aliphatic hydroxyl groups is 1. The highest BCUT2D eigenvalue weighted by atomic mass is 16.3. The Hall–Kier alpha value is -2.11. The van der Waals surface area contributed by atoms with Gasteiger partial charge < -0.3 is 14.4 Å². The van der Waals surface area contributed by atoms with Crippen molar-refractivity contribution in [2.24, 2.45) is 0 Å². The third kappa shape index (κ3) is 2.56. The lowest BCUT2D eigenvalue weighted by molar-refractivity contribution is 0.0244. The van der Waals surface area contributed by atoms with Crippen LogP contribution in [0.1, 0.15) is 27.8 Å². The maximum absolute atomic E-state index is 12.3. The van der Waals surface area contributed by atoms with Crippen molar-refractivity contribution < 1.29 is 14.3 Å². The standard InChI is InChI=1S/C18H20N2O3/c21-17-14-5-2-1-4-13(14)12-15(17)19-7-9-20(10-8-19)18(22)16-6-3-11-23-16/h1-6,11,15,17,21H,7-10,12H2. The van der Waals surface area contributed by atoms with E-state index in [0.29, 0.717) is 18.8 Å². The number of carbonyl (C=O) groups excluding carboxylic acids is 1. The van der Waals surface area contributed by atoms with Crippen molar-refractivity contribution in [2.75, 3.05) is 26.2 Å². The molecule has 5 heteroatoms. The first-order valence-corrected chi connectivity index (χ1v) is 8.07. The van der Waals surface area contributed by atoms with Crippen molar-refractivity contribution >= 4 is 5.91 Å². The second-order valence-electron chi connectivity index (χ2n) is 6.22. The summed E-state index contributed by atoms with van der Waals surface area (Å²) in [5.41, 5.74) is 2.28. The molecule has 1 aliphatic carbocycles. The molecular formula is C18H20N2O3. The van der Waals surface area contributed by atoms with E-state index in [-0.39, 0.29) is 11.9 Å². The maximum Gasteiger partial charge on any atom is 0.289 e. The molecule has 1 aromatic heterocycles. The summed E-state index contributed by atoms with van der Waals surface area (Å²) in [6, 6.07) is 11.7. The van der Waals surface area contributed by atoms with E-state index in [2.05, 4.69) is 11.0 Å². The van der Waals surface area contributed by atoms with Crippen molar-refractivity contribution in [1.82, 2.24) is 9.80 Å². The van der Waals surface area contributed by atoms with Crippen LogP contribution in [0.25, 0.3) is 0 Å². The Balaban J connectivity index is 1.40. The van der Waals surface area contributed by atoms with Gasteiger partial charge in [0.05, 0.1) is 12.4 Å². The number of hydrogen-bond acceptors (Lipinski definition) is 4. The van der Waals surface area contributed by atoms with E-state index in [0.717, 1.165) is 25.1 Å². The number of amides is 1. The van der Waals surface area contributed by atoms with Crippen LogP contribution in [0, 0.1) is 0 Å². The molecule has 1 amide bonds. The Morgan fingerprint density at radius 2 is 1.87 bits per heavy atom. The lowest BCUT2D eigenvalue weighted by atomic mass is 10.1. The fourth-order valence-electron chi connectivity index (χ4n) is 3.69. The summed E-state index contributed by atoms with van der Waals surface area (Å²) in [7, 11) is 0. The molecule has 1 aromatic carbocycles. The van der Waals surface area contributed by atoms with Crippen LogP contribution in [-0.4, -0.2) is 53.0 Å². The maximum atomic E-state index is 12.3. The van der Waals surface area contributed by atoms with Gasteiger partial charge in [-0.15, -0.1) is 0 Å². The SMILES string of the molecule is O=C(c1ccco1)N1CCN(C2Cc3ccccc3C2O)CC1. The van der Waals surface area contributed by atoms with Crippen LogP contribution in [0.15, 0.2) is 47.1 Å². The first-order chi connectivity index (χ1) is 11.2. The zero-order valence-electron chi connectivity index (χ0n) is 12.9. The fourth-order valence-corrected chi connectivity index (χ4v) is 3.69. The molecule has 120 valence electrons. The molecule has 4 rings (SSSR count). The van der Waals surface area contributed by atoms with E-state index in [1.807, 2.05) is 23.1 Å². The highest BCUT2D eigenvalue weighted by Gasteiger charge is 2.36. The Morgan fingerprint density at radius 3 is 2.57 bits per heavy atom. The van der Waals surface area contributed by atoms with Gasteiger partial charge in [-0.2, -0.15) is 0 Å². The molecule has 0 bridgehead atoms. The van der Waals surface area contributed by atoms with Crippen molar-refractivity contribution in [3.63, 3.8) is 0 Å². The first kappa shape index (κ1) is 14.5. The van der Waals surface area contributed by atoms with Crippen molar-refractivity contribution in [3.05, 3.63) is 59.5 Å². The number of piperazine rings is 1. The number of rotatable bonds is 2. The number of fused-ring (bicyclic) bond motifs is 1. The van der Waals surface area contributed by atoms with E-state index in [1.165, 1.54) is 11.8 Å². The molecule has 1 N–H and O–H groups in total. The number of carbonyl (C=O) groups is 1. The summed E-state index contributed by atoms with van der Waals surface area (Å²) in [6.07, 6.45) is 1.97. The lowest BCUT2D eigenvalue weighted by Crippen LogP contribution is -2.52. The summed E-state index contributed by atoms with van der Waals surface area (Å²) in [6.45, 7) is 2.89. The summed E-state index contributed by atoms with van der Waals surface area (Å²) in [5.74, 6) is 0.344. The van der Waals surface area contributed by atoms with Crippen LogP contribution in [0.3, 0.4) is 0 Å².